The van der Waals surface area contributed by atoms with Crippen LogP contribution in [-0.2, 0) is 16.4 Å². The van der Waals surface area contributed by atoms with E-state index in [1.165, 1.54) is 12.4 Å². The van der Waals surface area contributed by atoms with Gasteiger partial charge in [-0.2, -0.15) is 5.10 Å². The van der Waals surface area contributed by atoms with E-state index in [1.807, 2.05) is 30.3 Å². The molecule has 0 fully saturated rings. The van der Waals surface area contributed by atoms with E-state index in [1.54, 1.807) is 0 Å². The Kier molecular flexibility index (Phi) is 4.31. The van der Waals surface area contributed by atoms with E-state index >= 15 is 0 Å². The Morgan fingerprint density at radius 1 is 1.32 bits per heavy atom. The van der Waals surface area contributed by atoms with Gasteiger partial charge in [-0.15, -0.1) is 0 Å². The SMILES string of the molecule is NCC(Cc1ccccc1)NS(=O)(=O)c1cn[nH]c1. The number of nitrogens with one attached hydrogen (secondary N) is 2. The van der Waals surface area contributed by atoms with Crippen LogP contribution in [-0.4, -0.2) is 31.2 Å². The second-order valence-electron chi connectivity index (χ2n) is 4.18. The van der Waals surface area contributed by atoms with Crippen LogP contribution in [0.4, 0.5) is 0 Å². The third-order valence-electron chi connectivity index (χ3n) is 2.71. The Balaban J connectivity index is 2.08. The fourth-order valence-electron chi connectivity index (χ4n) is 1.75. The molecule has 0 saturated carbocycles. The highest BCUT2D eigenvalue weighted by Crippen LogP contribution is 2.08. The molecule has 0 aliphatic carbocycles. The second-order valence-corrected chi connectivity index (χ2v) is 5.89. The van der Waals surface area contributed by atoms with Crippen LogP contribution in [0.5, 0.6) is 0 Å². The van der Waals surface area contributed by atoms with Crippen molar-refractivity contribution in [3.63, 3.8) is 0 Å². The number of rotatable bonds is 6. The highest BCUT2D eigenvalue weighted by molar-refractivity contribution is 7.89. The largest absolute Gasteiger partial charge is 0.329 e. The van der Waals surface area contributed by atoms with Crippen molar-refractivity contribution in [2.75, 3.05) is 6.54 Å². The van der Waals surface area contributed by atoms with Crippen LogP contribution in [0.15, 0.2) is 47.6 Å². The molecule has 0 bridgehead atoms. The van der Waals surface area contributed by atoms with Gasteiger partial charge in [0.05, 0.1) is 6.20 Å². The summed E-state index contributed by atoms with van der Waals surface area (Å²) in [5.74, 6) is 0. The van der Waals surface area contributed by atoms with Gasteiger partial charge in [-0.1, -0.05) is 30.3 Å². The van der Waals surface area contributed by atoms with E-state index in [-0.39, 0.29) is 17.5 Å². The van der Waals surface area contributed by atoms with Gasteiger partial charge >= 0.3 is 0 Å². The summed E-state index contributed by atoms with van der Waals surface area (Å²) >= 11 is 0. The van der Waals surface area contributed by atoms with Crippen LogP contribution in [0.2, 0.25) is 0 Å². The van der Waals surface area contributed by atoms with Gasteiger partial charge in [0.1, 0.15) is 4.90 Å². The fraction of sp³-hybridized carbons (Fsp3) is 0.250. The average molecular weight is 280 g/mol. The standard InChI is InChI=1S/C12H16N4O2S/c13-7-11(6-10-4-2-1-3-5-10)16-19(17,18)12-8-14-15-9-12/h1-5,8-9,11,16H,6-7,13H2,(H,14,15). The summed E-state index contributed by atoms with van der Waals surface area (Å²) in [6.45, 7) is 0.228. The van der Waals surface area contributed by atoms with Crippen molar-refractivity contribution in [2.45, 2.75) is 17.4 Å². The third-order valence-corrected chi connectivity index (χ3v) is 4.20. The van der Waals surface area contributed by atoms with Crippen molar-refractivity contribution < 1.29 is 8.42 Å². The lowest BCUT2D eigenvalue weighted by Crippen LogP contribution is -2.41. The zero-order chi connectivity index (χ0) is 13.7. The molecule has 0 saturated heterocycles. The summed E-state index contributed by atoms with van der Waals surface area (Å²) in [6.07, 6.45) is 3.14. The van der Waals surface area contributed by atoms with Crippen molar-refractivity contribution in [3.8, 4) is 0 Å². The van der Waals surface area contributed by atoms with E-state index in [4.69, 9.17) is 5.73 Å². The molecule has 1 aromatic carbocycles. The van der Waals surface area contributed by atoms with Gasteiger partial charge in [0.2, 0.25) is 10.0 Å². The quantitative estimate of drug-likeness (QED) is 0.706. The molecule has 1 heterocycles. The number of benzene rings is 1. The number of aromatic nitrogens is 2. The zero-order valence-corrected chi connectivity index (χ0v) is 11.1. The molecule has 0 aliphatic rings. The summed E-state index contributed by atoms with van der Waals surface area (Å²) in [4.78, 5) is 0.110. The van der Waals surface area contributed by atoms with E-state index < -0.39 is 10.0 Å². The van der Waals surface area contributed by atoms with Gasteiger partial charge in [0, 0.05) is 18.8 Å². The summed E-state index contributed by atoms with van der Waals surface area (Å²) in [7, 11) is -3.57. The van der Waals surface area contributed by atoms with Crippen molar-refractivity contribution in [3.05, 3.63) is 48.3 Å². The molecule has 19 heavy (non-hydrogen) atoms. The van der Waals surface area contributed by atoms with Gasteiger partial charge in [0.25, 0.3) is 0 Å². The smallest absolute Gasteiger partial charge is 0.243 e. The molecule has 1 atom stereocenters. The van der Waals surface area contributed by atoms with E-state index in [0.717, 1.165) is 5.56 Å². The predicted molar refractivity (Wildman–Crippen MR) is 71.9 cm³/mol. The topological polar surface area (TPSA) is 101 Å². The minimum atomic E-state index is -3.57. The minimum Gasteiger partial charge on any atom is -0.329 e. The molecular weight excluding hydrogens is 264 g/mol. The first-order valence-corrected chi connectivity index (χ1v) is 7.35. The predicted octanol–water partition coefficient (Wildman–Crippen LogP) is 0.258. The van der Waals surface area contributed by atoms with Crippen LogP contribution in [0.25, 0.3) is 0 Å². The van der Waals surface area contributed by atoms with Crippen LogP contribution in [0.3, 0.4) is 0 Å². The molecule has 0 amide bonds. The first-order valence-electron chi connectivity index (χ1n) is 5.87. The Labute approximate surface area is 112 Å². The monoisotopic (exact) mass is 280 g/mol. The summed E-state index contributed by atoms with van der Waals surface area (Å²) in [5.41, 5.74) is 6.67. The van der Waals surface area contributed by atoms with Crippen LogP contribution >= 0.6 is 0 Å². The van der Waals surface area contributed by atoms with Gasteiger partial charge in [-0.25, -0.2) is 13.1 Å². The van der Waals surface area contributed by atoms with Gasteiger partial charge in [0.15, 0.2) is 0 Å². The number of nitrogens with two attached hydrogens (primary N) is 1. The number of hydrogen-bond donors (Lipinski definition) is 3. The highest BCUT2D eigenvalue weighted by Gasteiger charge is 2.20. The van der Waals surface area contributed by atoms with Crippen LogP contribution in [0.1, 0.15) is 5.56 Å². The summed E-state index contributed by atoms with van der Waals surface area (Å²) in [5, 5.41) is 6.11. The van der Waals surface area contributed by atoms with Crippen molar-refractivity contribution in [1.29, 1.82) is 0 Å². The fourth-order valence-corrected chi connectivity index (χ4v) is 2.90. The Morgan fingerprint density at radius 3 is 2.63 bits per heavy atom. The molecule has 2 aromatic rings. The molecular formula is C12H16N4O2S. The molecule has 0 radical (unpaired) electrons. The maximum atomic E-state index is 12.0. The Morgan fingerprint density at radius 2 is 2.05 bits per heavy atom. The van der Waals surface area contributed by atoms with E-state index in [2.05, 4.69) is 14.9 Å². The normalized spacial score (nSPS) is 13.3. The minimum absolute atomic E-state index is 0.110. The molecule has 6 nitrogen and oxygen atoms in total. The second kappa shape index (κ2) is 5.96. The zero-order valence-electron chi connectivity index (χ0n) is 10.3. The first-order chi connectivity index (χ1) is 9.12. The maximum absolute atomic E-state index is 12.0. The molecule has 2 rings (SSSR count). The van der Waals surface area contributed by atoms with Gasteiger partial charge < -0.3 is 5.73 Å². The number of sulfonamides is 1. The number of hydrogen-bond acceptors (Lipinski definition) is 4. The molecule has 4 N–H and O–H groups in total. The first kappa shape index (κ1) is 13.7. The van der Waals surface area contributed by atoms with E-state index in [0.29, 0.717) is 6.42 Å². The van der Waals surface area contributed by atoms with Crippen molar-refractivity contribution >= 4 is 10.0 Å². The molecule has 7 heteroatoms. The number of nitrogens with zero attached hydrogens (tertiary/aromatic N) is 1. The maximum Gasteiger partial charge on any atom is 0.243 e. The third kappa shape index (κ3) is 3.63. The van der Waals surface area contributed by atoms with Crippen LogP contribution in [0, 0.1) is 0 Å². The van der Waals surface area contributed by atoms with Crippen LogP contribution < -0.4 is 10.5 Å². The molecule has 102 valence electrons. The molecule has 0 aliphatic heterocycles. The van der Waals surface area contributed by atoms with Crippen molar-refractivity contribution in [2.24, 2.45) is 5.73 Å². The van der Waals surface area contributed by atoms with E-state index in [9.17, 15) is 8.42 Å². The summed E-state index contributed by atoms with van der Waals surface area (Å²) < 4.78 is 26.6. The van der Waals surface area contributed by atoms with Gasteiger partial charge in [-0.3, -0.25) is 5.10 Å². The Bertz CT molecular complexity index is 596. The lowest BCUT2D eigenvalue weighted by atomic mass is 10.1. The number of H-pyrrole nitrogens is 1. The molecule has 1 unspecified atom stereocenters. The lowest BCUT2D eigenvalue weighted by Gasteiger charge is -2.16. The lowest BCUT2D eigenvalue weighted by molar-refractivity contribution is 0.548. The van der Waals surface area contributed by atoms with Gasteiger partial charge in [-0.05, 0) is 12.0 Å². The van der Waals surface area contributed by atoms with Crippen molar-refractivity contribution in [1.82, 2.24) is 14.9 Å². The Hall–Kier alpha value is -1.70. The molecule has 1 aromatic heterocycles. The average Bonchev–Trinajstić information content (AvgIpc) is 2.93. The summed E-state index contributed by atoms with van der Waals surface area (Å²) in [6, 6.07) is 9.27. The number of aromatic amines is 1. The molecule has 0 spiro atoms. The highest BCUT2D eigenvalue weighted by atomic mass is 32.2.